The number of rotatable bonds is 5. The van der Waals surface area contributed by atoms with Gasteiger partial charge in [-0.15, -0.1) is 0 Å². The molecular weight excluding hydrogens is 226 g/mol. The van der Waals surface area contributed by atoms with Gasteiger partial charge in [-0.05, 0) is 26.3 Å². The maximum atomic E-state index is 4.38. The van der Waals surface area contributed by atoms with E-state index in [4.69, 9.17) is 0 Å². The van der Waals surface area contributed by atoms with Gasteiger partial charge in [0.25, 0.3) is 0 Å². The third kappa shape index (κ3) is 2.55. The van der Waals surface area contributed by atoms with E-state index in [1.54, 1.807) is 0 Å². The van der Waals surface area contributed by atoms with Gasteiger partial charge in [0.2, 0.25) is 0 Å². The van der Waals surface area contributed by atoms with E-state index in [1.807, 2.05) is 24.1 Å². The van der Waals surface area contributed by atoms with Crippen LogP contribution in [0.15, 0.2) is 18.5 Å². The molecule has 0 aromatic carbocycles. The van der Waals surface area contributed by atoms with Crippen LogP contribution in [0.5, 0.6) is 0 Å². The standard InChI is InChI=1S/C13H21N5/c1-5-11(3)18-12(6-7-15-18)8-14-13-10(2)9-17(4)16-13/h6-7,9,11H,5,8H2,1-4H3,(H,14,16). The average molecular weight is 247 g/mol. The van der Waals surface area contributed by atoms with E-state index in [0.717, 1.165) is 24.3 Å². The van der Waals surface area contributed by atoms with Crippen molar-refractivity contribution in [3.63, 3.8) is 0 Å². The Kier molecular flexibility index (Phi) is 3.69. The van der Waals surface area contributed by atoms with Crippen LogP contribution in [0.2, 0.25) is 0 Å². The van der Waals surface area contributed by atoms with E-state index < -0.39 is 0 Å². The smallest absolute Gasteiger partial charge is 0.151 e. The molecule has 5 nitrogen and oxygen atoms in total. The van der Waals surface area contributed by atoms with Crippen LogP contribution in [0, 0.1) is 6.92 Å². The lowest BCUT2D eigenvalue weighted by Crippen LogP contribution is -2.13. The molecule has 0 spiro atoms. The Labute approximate surface area is 108 Å². The summed E-state index contributed by atoms with van der Waals surface area (Å²) in [7, 11) is 1.93. The Balaban J connectivity index is 2.06. The SMILES string of the molecule is CCC(C)n1nccc1CNc1nn(C)cc1C. The lowest BCUT2D eigenvalue weighted by molar-refractivity contribution is 0.462. The maximum absolute atomic E-state index is 4.38. The first-order valence-electron chi connectivity index (χ1n) is 6.38. The van der Waals surface area contributed by atoms with Gasteiger partial charge in [0.05, 0.1) is 12.2 Å². The van der Waals surface area contributed by atoms with Crippen molar-refractivity contribution in [1.29, 1.82) is 0 Å². The van der Waals surface area contributed by atoms with Crippen molar-refractivity contribution in [2.45, 2.75) is 39.8 Å². The molecule has 0 radical (unpaired) electrons. The Bertz CT molecular complexity index is 511. The molecule has 2 aromatic rings. The van der Waals surface area contributed by atoms with Crippen LogP contribution < -0.4 is 5.32 Å². The summed E-state index contributed by atoms with van der Waals surface area (Å²) in [6.45, 7) is 7.17. The Hall–Kier alpha value is -1.78. The molecule has 0 aliphatic carbocycles. The van der Waals surface area contributed by atoms with Crippen LogP contribution in [0.25, 0.3) is 0 Å². The summed E-state index contributed by atoms with van der Waals surface area (Å²) in [6.07, 6.45) is 4.94. The number of nitrogens with one attached hydrogen (secondary N) is 1. The number of nitrogens with zero attached hydrogens (tertiary/aromatic N) is 4. The number of aryl methyl sites for hydroxylation is 2. The topological polar surface area (TPSA) is 47.7 Å². The molecule has 0 amide bonds. The van der Waals surface area contributed by atoms with Gasteiger partial charge in [-0.2, -0.15) is 10.2 Å². The van der Waals surface area contributed by atoms with Crippen LogP contribution in [0.1, 0.15) is 37.6 Å². The third-order valence-corrected chi connectivity index (χ3v) is 3.21. The predicted octanol–water partition coefficient (Wildman–Crippen LogP) is 2.51. The van der Waals surface area contributed by atoms with Crippen LogP contribution in [-0.4, -0.2) is 19.6 Å². The normalized spacial score (nSPS) is 12.7. The highest BCUT2D eigenvalue weighted by molar-refractivity contribution is 5.41. The van der Waals surface area contributed by atoms with Crippen molar-refractivity contribution in [3.05, 3.63) is 29.7 Å². The molecular formula is C13H21N5. The molecule has 5 heteroatoms. The first-order valence-corrected chi connectivity index (χ1v) is 6.38. The van der Waals surface area contributed by atoms with E-state index >= 15 is 0 Å². The third-order valence-electron chi connectivity index (χ3n) is 3.21. The molecule has 0 aliphatic heterocycles. The lowest BCUT2D eigenvalue weighted by atomic mass is 10.2. The molecule has 0 saturated heterocycles. The van der Waals surface area contributed by atoms with Crippen molar-refractivity contribution in [2.75, 3.05) is 5.32 Å². The van der Waals surface area contributed by atoms with Gasteiger partial charge in [0.15, 0.2) is 5.82 Å². The van der Waals surface area contributed by atoms with Crippen LogP contribution in [0.3, 0.4) is 0 Å². The van der Waals surface area contributed by atoms with E-state index in [1.165, 1.54) is 5.69 Å². The van der Waals surface area contributed by atoms with Gasteiger partial charge in [0, 0.05) is 31.0 Å². The van der Waals surface area contributed by atoms with Gasteiger partial charge in [0.1, 0.15) is 0 Å². The Morgan fingerprint density at radius 2 is 2.22 bits per heavy atom. The molecule has 2 aromatic heterocycles. The van der Waals surface area contributed by atoms with Crippen LogP contribution in [0.4, 0.5) is 5.82 Å². The molecule has 18 heavy (non-hydrogen) atoms. The largest absolute Gasteiger partial charge is 0.363 e. The second-order valence-corrected chi connectivity index (χ2v) is 4.71. The summed E-state index contributed by atoms with van der Waals surface area (Å²) in [5, 5.41) is 12.1. The van der Waals surface area contributed by atoms with E-state index in [2.05, 4.69) is 47.0 Å². The van der Waals surface area contributed by atoms with Gasteiger partial charge >= 0.3 is 0 Å². The first-order chi connectivity index (χ1) is 8.61. The minimum atomic E-state index is 0.432. The molecule has 0 bridgehead atoms. The van der Waals surface area contributed by atoms with Crippen LogP contribution in [-0.2, 0) is 13.6 Å². The summed E-state index contributed by atoms with van der Waals surface area (Å²) in [4.78, 5) is 0. The molecule has 98 valence electrons. The van der Waals surface area contributed by atoms with E-state index in [-0.39, 0.29) is 0 Å². The second-order valence-electron chi connectivity index (χ2n) is 4.71. The summed E-state index contributed by atoms with van der Waals surface area (Å²) in [6, 6.07) is 2.49. The van der Waals surface area contributed by atoms with Gasteiger partial charge in [-0.3, -0.25) is 9.36 Å². The number of anilines is 1. The van der Waals surface area contributed by atoms with Gasteiger partial charge in [-0.25, -0.2) is 0 Å². The lowest BCUT2D eigenvalue weighted by Gasteiger charge is -2.14. The second kappa shape index (κ2) is 5.25. The molecule has 1 atom stereocenters. The zero-order chi connectivity index (χ0) is 13.1. The highest BCUT2D eigenvalue weighted by Gasteiger charge is 2.09. The van der Waals surface area contributed by atoms with Gasteiger partial charge in [-0.1, -0.05) is 6.92 Å². The number of hydrogen-bond donors (Lipinski definition) is 1. The fraction of sp³-hybridized carbons (Fsp3) is 0.538. The van der Waals surface area contributed by atoms with Crippen molar-refractivity contribution < 1.29 is 0 Å². The molecule has 2 heterocycles. The summed E-state index contributed by atoms with van der Waals surface area (Å²) < 4.78 is 3.90. The van der Waals surface area contributed by atoms with Crippen molar-refractivity contribution >= 4 is 5.82 Å². The fourth-order valence-electron chi connectivity index (χ4n) is 2.01. The van der Waals surface area contributed by atoms with E-state index in [9.17, 15) is 0 Å². The molecule has 2 rings (SSSR count). The highest BCUT2D eigenvalue weighted by Crippen LogP contribution is 2.15. The van der Waals surface area contributed by atoms with Crippen molar-refractivity contribution in [3.8, 4) is 0 Å². The fourth-order valence-corrected chi connectivity index (χ4v) is 2.01. The molecule has 1 unspecified atom stereocenters. The minimum Gasteiger partial charge on any atom is -0.363 e. The summed E-state index contributed by atoms with van der Waals surface area (Å²) in [5.74, 6) is 0.939. The minimum absolute atomic E-state index is 0.432. The number of hydrogen-bond acceptors (Lipinski definition) is 3. The number of aromatic nitrogens is 4. The monoisotopic (exact) mass is 247 g/mol. The van der Waals surface area contributed by atoms with Crippen molar-refractivity contribution in [1.82, 2.24) is 19.6 Å². The van der Waals surface area contributed by atoms with E-state index in [0.29, 0.717) is 6.04 Å². The predicted molar refractivity (Wildman–Crippen MR) is 72.5 cm³/mol. The summed E-state index contributed by atoms with van der Waals surface area (Å²) in [5.41, 5.74) is 2.35. The van der Waals surface area contributed by atoms with Crippen molar-refractivity contribution in [2.24, 2.45) is 7.05 Å². The maximum Gasteiger partial charge on any atom is 0.151 e. The average Bonchev–Trinajstić information content (AvgIpc) is 2.92. The first kappa shape index (κ1) is 12.7. The van der Waals surface area contributed by atoms with Gasteiger partial charge < -0.3 is 5.32 Å². The van der Waals surface area contributed by atoms with Crippen LogP contribution >= 0.6 is 0 Å². The Morgan fingerprint density at radius 1 is 1.44 bits per heavy atom. The molecule has 0 saturated carbocycles. The molecule has 0 fully saturated rings. The summed E-state index contributed by atoms with van der Waals surface area (Å²) >= 11 is 0. The Morgan fingerprint density at radius 3 is 2.83 bits per heavy atom. The zero-order valence-electron chi connectivity index (χ0n) is 11.5. The highest BCUT2D eigenvalue weighted by atomic mass is 15.3. The molecule has 1 N–H and O–H groups in total. The quantitative estimate of drug-likeness (QED) is 0.883. The zero-order valence-corrected chi connectivity index (χ0v) is 11.5. The molecule has 0 aliphatic rings.